The fraction of sp³-hybridized carbons (Fsp3) is 0.476. The van der Waals surface area contributed by atoms with Gasteiger partial charge in [-0.2, -0.15) is 0 Å². The van der Waals surface area contributed by atoms with Gasteiger partial charge in [0.2, 0.25) is 6.41 Å². The molecule has 0 radical (unpaired) electrons. The third-order valence-corrected chi connectivity index (χ3v) is 5.26. The number of piperazine rings is 1. The fourth-order valence-electron chi connectivity index (χ4n) is 3.56. The van der Waals surface area contributed by atoms with E-state index in [9.17, 15) is 9.59 Å². The molecule has 1 unspecified atom stereocenters. The van der Waals surface area contributed by atoms with E-state index in [4.69, 9.17) is 5.73 Å². The first kappa shape index (κ1) is 21.9. The summed E-state index contributed by atoms with van der Waals surface area (Å²) in [4.78, 5) is 31.7. The Labute approximate surface area is 177 Å². The summed E-state index contributed by atoms with van der Waals surface area (Å²) in [7, 11) is 0. The Morgan fingerprint density at radius 3 is 2.67 bits per heavy atom. The average molecular weight is 414 g/mol. The maximum Gasteiger partial charge on any atom is 0.323 e. The number of nitrogens with zero attached hydrogens (tertiary/aromatic N) is 3. The molecule has 1 atom stereocenters. The van der Waals surface area contributed by atoms with E-state index in [0.717, 1.165) is 51.3 Å². The molecule has 0 aromatic heterocycles. The molecule has 2 saturated heterocycles. The number of amidine groups is 1. The summed E-state index contributed by atoms with van der Waals surface area (Å²) in [6.07, 6.45) is 5.61. The van der Waals surface area contributed by atoms with Gasteiger partial charge in [-0.3, -0.25) is 10.1 Å². The average Bonchev–Trinajstić information content (AvgIpc) is 3.19. The molecule has 2 aliphatic heterocycles. The van der Waals surface area contributed by atoms with Gasteiger partial charge in [0.05, 0.1) is 5.69 Å². The molecule has 9 heteroatoms. The lowest BCUT2D eigenvalue weighted by molar-refractivity contribution is -0.108. The summed E-state index contributed by atoms with van der Waals surface area (Å²) >= 11 is 0. The molecule has 0 saturated carbocycles. The number of likely N-dealkylation sites (tertiary alicyclic amines) is 1. The lowest BCUT2D eigenvalue weighted by Crippen LogP contribution is -2.51. The standard InChI is InChI=1S/C21H31N7O2/c22-18-7-12-27(15-18)11-6-17-1-3-19(4-2-17)25-20(5-8-24-16-29)26-21(30)28-13-9-23-10-14-28/h1-5,8,16,18,23H,6-7,9-15,22H2,(H,24,29)(H,25,26,30)/b8-5-. The van der Waals surface area contributed by atoms with E-state index in [1.807, 2.05) is 12.1 Å². The summed E-state index contributed by atoms with van der Waals surface area (Å²) in [5.74, 6) is 0.367. The minimum absolute atomic E-state index is 0.202. The lowest BCUT2D eigenvalue weighted by atomic mass is 10.1. The molecule has 30 heavy (non-hydrogen) atoms. The largest absolute Gasteiger partial charge is 0.335 e. The molecule has 0 spiro atoms. The van der Waals surface area contributed by atoms with Crippen molar-refractivity contribution < 1.29 is 9.59 Å². The zero-order valence-corrected chi connectivity index (χ0v) is 17.2. The molecule has 1 aromatic carbocycles. The van der Waals surface area contributed by atoms with Crippen LogP contribution in [-0.4, -0.2) is 79.9 Å². The summed E-state index contributed by atoms with van der Waals surface area (Å²) in [5.41, 5.74) is 7.93. The zero-order chi connectivity index (χ0) is 21.2. The van der Waals surface area contributed by atoms with E-state index in [-0.39, 0.29) is 6.03 Å². The molecule has 9 nitrogen and oxygen atoms in total. The number of carbonyl (C=O) groups excluding carboxylic acids is 2. The van der Waals surface area contributed by atoms with Crippen LogP contribution in [0.25, 0.3) is 0 Å². The van der Waals surface area contributed by atoms with Gasteiger partial charge in [-0.15, -0.1) is 0 Å². The van der Waals surface area contributed by atoms with Gasteiger partial charge < -0.3 is 26.2 Å². The van der Waals surface area contributed by atoms with E-state index in [0.29, 0.717) is 31.4 Å². The Hall–Kier alpha value is -2.75. The Balaban J connectivity index is 1.60. The highest BCUT2D eigenvalue weighted by molar-refractivity contribution is 6.04. The Morgan fingerprint density at radius 2 is 2.00 bits per heavy atom. The first-order chi connectivity index (χ1) is 14.6. The number of carbonyl (C=O) groups is 2. The van der Waals surface area contributed by atoms with Crippen LogP contribution in [0.2, 0.25) is 0 Å². The van der Waals surface area contributed by atoms with Crippen molar-refractivity contribution in [3.8, 4) is 0 Å². The molecule has 2 aliphatic rings. The van der Waals surface area contributed by atoms with Crippen molar-refractivity contribution in [1.82, 2.24) is 25.8 Å². The number of rotatable bonds is 7. The van der Waals surface area contributed by atoms with Crippen LogP contribution < -0.4 is 21.7 Å². The molecular weight excluding hydrogens is 382 g/mol. The van der Waals surface area contributed by atoms with Gasteiger partial charge in [-0.1, -0.05) is 12.1 Å². The highest BCUT2D eigenvalue weighted by Crippen LogP contribution is 2.15. The van der Waals surface area contributed by atoms with Crippen LogP contribution >= 0.6 is 0 Å². The van der Waals surface area contributed by atoms with Crippen LogP contribution in [-0.2, 0) is 11.2 Å². The Morgan fingerprint density at radius 1 is 1.23 bits per heavy atom. The zero-order valence-electron chi connectivity index (χ0n) is 17.2. The first-order valence-corrected chi connectivity index (χ1v) is 10.4. The van der Waals surface area contributed by atoms with Crippen molar-refractivity contribution in [2.24, 2.45) is 10.7 Å². The highest BCUT2D eigenvalue weighted by atomic mass is 16.2. The third-order valence-electron chi connectivity index (χ3n) is 5.26. The lowest BCUT2D eigenvalue weighted by Gasteiger charge is -2.27. The van der Waals surface area contributed by atoms with Crippen LogP contribution in [0.4, 0.5) is 10.5 Å². The summed E-state index contributed by atoms with van der Waals surface area (Å²) in [6, 6.07) is 8.08. The monoisotopic (exact) mass is 413 g/mol. The molecule has 0 aliphatic carbocycles. The third kappa shape index (κ3) is 6.94. The molecule has 162 valence electrons. The van der Waals surface area contributed by atoms with Crippen LogP contribution in [0.1, 0.15) is 12.0 Å². The minimum Gasteiger partial charge on any atom is -0.335 e. The minimum atomic E-state index is -0.202. The summed E-state index contributed by atoms with van der Waals surface area (Å²) in [5, 5.41) is 8.48. The maximum atomic E-state index is 12.5. The number of nitrogens with one attached hydrogen (secondary N) is 3. The Bertz CT molecular complexity index is 757. The molecule has 0 bridgehead atoms. The molecule has 2 heterocycles. The predicted octanol–water partition coefficient (Wildman–Crippen LogP) is 0.167. The Kier molecular flexibility index (Phi) is 8.37. The van der Waals surface area contributed by atoms with E-state index < -0.39 is 0 Å². The van der Waals surface area contributed by atoms with Crippen molar-refractivity contribution in [2.45, 2.75) is 18.9 Å². The molecule has 3 amide bonds. The van der Waals surface area contributed by atoms with Crippen molar-refractivity contribution >= 4 is 24.0 Å². The second kappa shape index (κ2) is 11.4. The van der Waals surface area contributed by atoms with Gasteiger partial charge in [0, 0.05) is 51.5 Å². The van der Waals surface area contributed by atoms with Crippen molar-refractivity contribution in [3.63, 3.8) is 0 Å². The van der Waals surface area contributed by atoms with Crippen molar-refractivity contribution in [1.29, 1.82) is 0 Å². The van der Waals surface area contributed by atoms with Crippen LogP contribution in [0.15, 0.2) is 41.5 Å². The number of amides is 3. The molecule has 3 rings (SSSR count). The SMILES string of the molecule is NC1CCN(CCc2ccc(N=C(/C=C\NC=O)NC(=O)N3CCNCC3)cc2)C1. The maximum absolute atomic E-state index is 12.5. The van der Waals surface area contributed by atoms with Gasteiger partial charge in [0.15, 0.2) is 0 Å². The number of benzene rings is 1. The quantitative estimate of drug-likeness (QED) is 0.289. The van der Waals surface area contributed by atoms with Crippen LogP contribution in [0.3, 0.4) is 0 Å². The van der Waals surface area contributed by atoms with Gasteiger partial charge in [0.1, 0.15) is 5.84 Å². The smallest absolute Gasteiger partial charge is 0.323 e. The van der Waals surface area contributed by atoms with Gasteiger partial charge in [0.25, 0.3) is 0 Å². The van der Waals surface area contributed by atoms with Gasteiger partial charge in [-0.25, -0.2) is 9.79 Å². The summed E-state index contributed by atoms with van der Waals surface area (Å²) < 4.78 is 0. The normalized spacial score (nSPS) is 20.5. The topological polar surface area (TPSA) is 115 Å². The first-order valence-electron chi connectivity index (χ1n) is 10.4. The molecule has 1 aromatic rings. The number of hydrogen-bond donors (Lipinski definition) is 4. The second-order valence-corrected chi connectivity index (χ2v) is 7.55. The molecular formula is C21H31N7O2. The van der Waals surface area contributed by atoms with Crippen LogP contribution in [0.5, 0.6) is 0 Å². The summed E-state index contributed by atoms with van der Waals surface area (Å²) in [6.45, 7) is 5.88. The molecule has 2 fully saturated rings. The van der Waals surface area contributed by atoms with E-state index in [2.05, 4.69) is 38.0 Å². The van der Waals surface area contributed by atoms with Crippen LogP contribution in [0, 0.1) is 0 Å². The number of aliphatic imine (C=N–C) groups is 1. The molecule has 5 N–H and O–H groups in total. The number of nitrogens with two attached hydrogens (primary N) is 1. The van der Waals surface area contributed by atoms with Crippen molar-refractivity contribution in [3.05, 3.63) is 42.1 Å². The van der Waals surface area contributed by atoms with E-state index >= 15 is 0 Å². The van der Waals surface area contributed by atoms with E-state index in [1.165, 1.54) is 11.8 Å². The number of hydrogen-bond acceptors (Lipinski definition) is 6. The van der Waals surface area contributed by atoms with Gasteiger partial charge in [-0.05, 0) is 43.2 Å². The predicted molar refractivity (Wildman–Crippen MR) is 118 cm³/mol. The highest BCUT2D eigenvalue weighted by Gasteiger charge is 2.18. The van der Waals surface area contributed by atoms with Gasteiger partial charge >= 0.3 is 6.03 Å². The second-order valence-electron chi connectivity index (χ2n) is 7.55. The number of urea groups is 1. The van der Waals surface area contributed by atoms with Crippen molar-refractivity contribution in [2.75, 3.05) is 45.8 Å². The van der Waals surface area contributed by atoms with E-state index in [1.54, 1.807) is 11.0 Å². The fourth-order valence-corrected chi connectivity index (χ4v) is 3.56.